The lowest BCUT2D eigenvalue weighted by molar-refractivity contribution is -0.141. The van der Waals surface area contributed by atoms with Gasteiger partial charge < -0.3 is 25.2 Å². The number of carbonyl (C=O) groups excluding carboxylic acids is 3. The summed E-state index contributed by atoms with van der Waals surface area (Å²) in [5.74, 6) is -1.56. The van der Waals surface area contributed by atoms with Crippen LogP contribution in [0.1, 0.15) is 58.3 Å². The van der Waals surface area contributed by atoms with Gasteiger partial charge in [0.2, 0.25) is 17.7 Å². The van der Waals surface area contributed by atoms with Crippen LogP contribution in [0.25, 0.3) is 0 Å². The van der Waals surface area contributed by atoms with E-state index in [0.717, 1.165) is 51.7 Å². The molecule has 6 atom stereocenters. The number of benzene rings is 1. The van der Waals surface area contributed by atoms with E-state index in [4.69, 9.17) is 27.9 Å². The molecule has 1 aromatic carbocycles. The maximum absolute atomic E-state index is 14.2. The number of rotatable bonds is 8. The Labute approximate surface area is 252 Å². The highest BCUT2D eigenvalue weighted by atomic mass is 35.5. The topological polar surface area (TPSA) is 91.0 Å². The van der Waals surface area contributed by atoms with Gasteiger partial charge in [0.05, 0.1) is 17.9 Å². The standard InChI is InChI=1S/C31H40Cl2N4O4/c1-19-7-5-12-36(18-19)13-6-14-37-27(29(39)34-22-8-3-2-4-9-22)31-11-10-24(41-31)25(26(31)30(37)40)28(38)35-23-16-20(32)15-21(33)17-23/h10-11,15-17,19,22,24-27H,2-9,12-14,18H2,1H3,(H,34,39)(H,35,38). The van der Waals surface area contributed by atoms with Crippen LogP contribution in [0.15, 0.2) is 30.4 Å². The van der Waals surface area contributed by atoms with Crippen molar-refractivity contribution in [3.8, 4) is 0 Å². The average Bonchev–Trinajstić information content (AvgIpc) is 3.56. The second-order valence-electron chi connectivity index (χ2n) is 12.6. The molecule has 0 aromatic heterocycles. The van der Waals surface area contributed by atoms with Gasteiger partial charge in [-0.05, 0) is 69.3 Å². The molecule has 0 radical (unpaired) electrons. The number of hydrogen-bond donors (Lipinski definition) is 2. The van der Waals surface area contributed by atoms with Crippen molar-refractivity contribution in [3.63, 3.8) is 0 Å². The van der Waals surface area contributed by atoms with Crippen LogP contribution in [0.5, 0.6) is 0 Å². The molecule has 10 heteroatoms. The highest BCUT2D eigenvalue weighted by molar-refractivity contribution is 6.35. The van der Waals surface area contributed by atoms with Gasteiger partial charge >= 0.3 is 0 Å². The van der Waals surface area contributed by atoms with Crippen molar-refractivity contribution in [3.05, 3.63) is 40.4 Å². The summed E-state index contributed by atoms with van der Waals surface area (Å²) in [5, 5.41) is 6.96. The van der Waals surface area contributed by atoms with Gasteiger partial charge in [0.1, 0.15) is 11.6 Å². The first-order chi connectivity index (χ1) is 19.7. The quantitative estimate of drug-likeness (QED) is 0.423. The van der Waals surface area contributed by atoms with Crippen LogP contribution in [0.2, 0.25) is 10.0 Å². The maximum Gasteiger partial charge on any atom is 0.246 e. The van der Waals surface area contributed by atoms with Crippen molar-refractivity contribution in [2.24, 2.45) is 17.8 Å². The molecule has 1 aromatic rings. The van der Waals surface area contributed by atoms with Crippen molar-refractivity contribution >= 4 is 46.6 Å². The summed E-state index contributed by atoms with van der Waals surface area (Å²) in [6, 6.07) is 4.13. The molecular weight excluding hydrogens is 563 g/mol. The van der Waals surface area contributed by atoms with Gasteiger partial charge in [0.15, 0.2) is 0 Å². The minimum atomic E-state index is -1.16. The second-order valence-corrected chi connectivity index (χ2v) is 13.5. The zero-order chi connectivity index (χ0) is 28.7. The minimum absolute atomic E-state index is 0.104. The number of carbonyl (C=O) groups is 3. The van der Waals surface area contributed by atoms with Gasteiger partial charge in [0, 0.05) is 34.9 Å². The summed E-state index contributed by atoms with van der Waals surface area (Å²) in [4.78, 5) is 46.0. The highest BCUT2D eigenvalue weighted by Gasteiger charge is 2.72. The molecule has 3 saturated heterocycles. The van der Waals surface area contributed by atoms with Gasteiger partial charge in [-0.3, -0.25) is 14.4 Å². The smallest absolute Gasteiger partial charge is 0.246 e. The van der Waals surface area contributed by atoms with Crippen molar-refractivity contribution in [1.82, 2.24) is 15.1 Å². The van der Waals surface area contributed by atoms with E-state index in [9.17, 15) is 14.4 Å². The van der Waals surface area contributed by atoms with Crippen molar-refractivity contribution in [2.45, 2.75) is 82.1 Å². The maximum atomic E-state index is 14.2. The predicted molar refractivity (Wildman–Crippen MR) is 159 cm³/mol. The number of amides is 3. The fourth-order valence-corrected chi connectivity index (χ4v) is 8.37. The zero-order valence-electron chi connectivity index (χ0n) is 23.6. The third kappa shape index (κ3) is 5.65. The van der Waals surface area contributed by atoms with Crippen molar-refractivity contribution in [2.75, 3.05) is 31.5 Å². The van der Waals surface area contributed by atoms with E-state index in [1.807, 2.05) is 12.2 Å². The number of anilines is 1. The normalized spacial score (nSPS) is 33.3. The molecule has 4 aliphatic heterocycles. The number of halogens is 2. The molecule has 4 fully saturated rings. The van der Waals surface area contributed by atoms with E-state index < -0.39 is 29.6 Å². The summed E-state index contributed by atoms with van der Waals surface area (Å²) < 4.78 is 6.48. The molecule has 1 saturated carbocycles. The molecular formula is C31H40Cl2N4O4. The summed E-state index contributed by atoms with van der Waals surface area (Å²) >= 11 is 12.3. The number of hydrogen-bond acceptors (Lipinski definition) is 5. The lowest BCUT2D eigenvalue weighted by Gasteiger charge is -2.35. The van der Waals surface area contributed by atoms with Gasteiger partial charge in [-0.1, -0.05) is 61.5 Å². The molecule has 41 heavy (non-hydrogen) atoms. The van der Waals surface area contributed by atoms with Gasteiger partial charge in [-0.25, -0.2) is 0 Å². The van der Waals surface area contributed by atoms with Crippen LogP contribution in [0.4, 0.5) is 5.69 Å². The lowest BCUT2D eigenvalue weighted by Crippen LogP contribution is -2.56. The molecule has 2 bridgehead atoms. The molecule has 2 N–H and O–H groups in total. The Morgan fingerprint density at radius 3 is 2.51 bits per heavy atom. The molecule has 8 nitrogen and oxygen atoms in total. The summed E-state index contributed by atoms with van der Waals surface area (Å²) in [5.41, 5.74) is -0.702. The molecule has 222 valence electrons. The fraction of sp³-hybridized carbons (Fsp3) is 0.645. The second kappa shape index (κ2) is 11.9. The first-order valence-corrected chi connectivity index (χ1v) is 16.0. The SMILES string of the molecule is CC1CCCN(CCCN2C(=O)C3C(C(=O)Nc4cc(Cl)cc(Cl)c4)C4C=CC3(O4)C2C(=O)NC2CCCCC2)C1. The molecule has 4 heterocycles. The number of likely N-dealkylation sites (tertiary alicyclic amines) is 2. The molecule has 3 amide bonds. The largest absolute Gasteiger partial charge is 0.359 e. The highest BCUT2D eigenvalue weighted by Crippen LogP contribution is 2.55. The van der Waals surface area contributed by atoms with Gasteiger partial charge in [-0.15, -0.1) is 0 Å². The Kier molecular flexibility index (Phi) is 8.38. The van der Waals surface area contributed by atoms with E-state index in [1.54, 1.807) is 23.1 Å². The number of nitrogens with zero attached hydrogens (tertiary/aromatic N) is 2. The van der Waals surface area contributed by atoms with Crippen LogP contribution in [-0.2, 0) is 19.1 Å². The van der Waals surface area contributed by atoms with E-state index in [1.165, 1.54) is 19.3 Å². The molecule has 5 aliphatic rings. The summed E-state index contributed by atoms with van der Waals surface area (Å²) in [6.07, 6.45) is 11.6. The van der Waals surface area contributed by atoms with Gasteiger partial charge in [-0.2, -0.15) is 0 Å². The Morgan fingerprint density at radius 2 is 1.78 bits per heavy atom. The molecule has 6 rings (SSSR count). The number of ether oxygens (including phenoxy) is 1. The van der Waals surface area contributed by atoms with Crippen LogP contribution < -0.4 is 10.6 Å². The number of piperidine rings is 1. The number of nitrogens with one attached hydrogen (secondary N) is 2. The predicted octanol–water partition coefficient (Wildman–Crippen LogP) is 4.65. The molecule has 1 spiro atoms. The van der Waals surface area contributed by atoms with Crippen LogP contribution in [0, 0.1) is 17.8 Å². The van der Waals surface area contributed by atoms with Crippen LogP contribution >= 0.6 is 23.2 Å². The number of fused-ring (bicyclic) bond motifs is 1. The van der Waals surface area contributed by atoms with Crippen LogP contribution in [0.3, 0.4) is 0 Å². The van der Waals surface area contributed by atoms with Gasteiger partial charge in [0.25, 0.3) is 0 Å². The Hall–Kier alpha value is -2.13. The van der Waals surface area contributed by atoms with Crippen molar-refractivity contribution < 1.29 is 19.1 Å². The first kappa shape index (κ1) is 29.0. The van der Waals surface area contributed by atoms with E-state index in [2.05, 4.69) is 22.5 Å². The Balaban J connectivity index is 1.24. The Morgan fingerprint density at radius 1 is 1.02 bits per heavy atom. The van der Waals surface area contributed by atoms with E-state index in [0.29, 0.717) is 28.2 Å². The summed E-state index contributed by atoms with van der Waals surface area (Å²) in [7, 11) is 0. The average molecular weight is 604 g/mol. The lowest BCUT2D eigenvalue weighted by atomic mass is 9.74. The van der Waals surface area contributed by atoms with Crippen molar-refractivity contribution in [1.29, 1.82) is 0 Å². The molecule has 6 unspecified atom stereocenters. The summed E-state index contributed by atoms with van der Waals surface area (Å²) in [6.45, 7) is 5.74. The Bertz CT molecular complexity index is 1200. The third-order valence-corrected chi connectivity index (χ3v) is 10.1. The fourth-order valence-electron chi connectivity index (χ4n) is 7.84. The first-order valence-electron chi connectivity index (χ1n) is 15.2. The minimum Gasteiger partial charge on any atom is -0.359 e. The zero-order valence-corrected chi connectivity index (χ0v) is 25.1. The van der Waals surface area contributed by atoms with E-state index in [-0.39, 0.29) is 23.8 Å². The molecule has 1 aliphatic carbocycles. The monoisotopic (exact) mass is 602 g/mol. The van der Waals surface area contributed by atoms with E-state index >= 15 is 0 Å². The van der Waals surface area contributed by atoms with Crippen LogP contribution in [-0.4, -0.2) is 77.5 Å². The third-order valence-electron chi connectivity index (χ3n) is 9.62.